The summed E-state index contributed by atoms with van der Waals surface area (Å²) >= 11 is 0. The van der Waals surface area contributed by atoms with Gasteiger partial charge in [0.2, 0.25) is 0 Å². The Morgan fingerprint density at radius 3 is 2.50 bits per heavy atom. The van der Waals surface area contributed by atoms with Crippen molar-refractivity contribution in [3.63, 3.8) is 0 Å². The van der Waals surface area contributed by atoms with Gasteiger partial charge >= 0.3 is 0 Å². The molecule has 0 saturated heterocycles. The Bertz CT molecular complexity index is 134. The molecule has 0 spiro atoms. The second-order valence-electron chi connectivity index (χ2n) is 4.38. The van der Waals surface area contributed by atoms with Crippen LogP contribution in [0.5, 0.6) is 0 Å². The number of hydrogen-bond acceptors (Lipinski definition) is 2. The van der Waals surface area contributed by atoms with Gasteiger partial charge in [0.15, 0.2) is 0 Å². The summed E-state index contributed by atoms with van der Waals surface area (Å²) in [5, 5.41) is 19.0. The lowest BCUT2D eigenvalue weighted by Gasteiger charge is -2.32. The van der Waals surface area contributed by atoms with Crippen LogP contribution in [0.2, 0.25) is 0 Å². The second kappa shape index (κ2) is 4.24. The van der Waals surface area contributed by atoms with Crippen LogP contribution in [0.15, 0.2) is 0 Å². The molecule has 2 N–H and O–H groups in total. The van der Waals surface area contributed by atoms with Crippen molar-refractivity contribution in [2.75, 3.05) is 0 Å². The Hall–Kier alpha value is -0.0800. The van der Waals surface area contributed by atoms with Crippen LogP contribution in [0.25, 0.3) is 0 Å². The van der Waals surface area contributed by atoms with E-state index in [1.54, 1.807) is 0 Å². The van der Waals surface area contributed by atoms with Crippen molar-refractivity contribution in [1.82, 2.24) is 0 Å². The largest absolute Gasteiger partial charge is 0.390 e. The smallest absolute Gasteiger partial charge is 0.0827 e. The summed E-state index contributed by atoms with van der Waals surface area (Å²) in [7, 11) is 0. The molecule has 12 heavy (non-hydrogen) atoms. The summed E-state index contributed by atoms with van der Waals surface area (Å²) in [6, 6.07) is 0. The first-order valence-corrected chi connectivity index (χ1v) is 4.97. The van der Waals surface area contributed by atoms with Crippen molar-refractivity contribution in [1.29, 1.82) is 0 Å². The van der Waals surface area contributed by atoms with Crippen molar-refractivity contribution in [3.8, 4) is 0 Å². The lowest BCUT2D eigenvalue weighted by molar-refractivity contribution is -0.0496. The molecule has 2 heteroatoms. The fraction of sp³-hybridized carbons (Fsp3) is 1.00. The van der Waals surface area contributed by atoms with Gasteiger partial charge in [0.05, 0.1) is 12.2 Å². The van der Waals surface area contributed by atoms with Crippen LogP contribution in [0.1, 0.15) is 39.5 Å². The van der Waals surface area contributed by atoms with E-state index < -0.39 is 12.2 Å². The summed E-state index contributed by atoms with van der Waals surface area (Å²) in [6.07, 6.45) is 3.02. The molecule has 0 aliphatic heterocycles. The van der Waals surface area contributed by atoms with Crippen LogP contribution in [-0.2, 0) is 0 Å². The van der Waals surface area contributed by atoms with E-state index >= 15 is 0 Å². The fourth-order valence-corrected chi connectivity index (χ4v) is 2.11. The average molecular weight is 172 g/mol. The molecule has 72 valence electrons. The Balaban J connectivity index is 2.41. The number of rotatable bonds is 2. The second-order valence-corrected chi connectivity index (χ2v) is 4.38. The Kier molecular flexibility index (Phi) is 3.53. The highest BCUT2D eigenvalue weighted by Crippen LogP contribution is 2.29. The zero-order chi connectivity index (χ0) is 9.14. The molecule has 1 rings (SSSR count). The third-order valence-electron chi connectivity index (χ3n) is 2.73. The van der Waals surface area contributed by atoms with Gasteiger partial charge in [-0.1, -0.05) is 20.3 Å². The van der Waals surface area contributed by atoms with E-state index in [1.165, 1.54) is 0 Å². The van der Waals surface area contributed by atoms with Gasteiger partial charge in [0.1, 0.15) is 0 Å². The zero-order valence-corrected chi connectivity index (χ0v) is 8.03. The lowest BCUT2D eigenvalue weighted by atomic mass is 9.80. The maximum Gasteiger partial charge on any atom is 0.0827 e. The minimum atomic E-state index is -0.471. The topological polar surface area (TPSA) is 40.5 Å². The van der Waals surface area contributed by atoms with Crippen molar-refractivity contribution >= 4 is 0 Å². The van der Waals surface area contributed by atoms with E-state index in [0.717, 1.165) is 25.7 Å². The third-order valence-corrected chi connectivity index (χ3v) is 2.73. The molecule has 1 saturated carbocycles. The molecule has 0 bridgehead atoms. The van der Waals surface area contributed by atoms with Crippen LogP contribution in [-0.4, -0.2) is 22.4 Å². The molecule has 0 aromatic rings. The first kappa shape index (κ1) is 10.0. The maximum atomic E-state index is 9.64. The minimum absolute atomic E-state index is 0.328. The molecule has 1 fully saturated rings. The summed E-state index contributed by atoms with van der Waals surface area (Å²) in [4.78, 5) is 0. The Labute approximate surface area is 74.6 Å². The SMILES string of the molecule is CC(C)CC1CCC[C@H](O)[C@@H]1O. The van der Waals surface area contributed by atoms with Crippen LogP contribution >= 0.6 is 0 Å². The molecule has 0 amide bonds. The fourth-order valence-electron chi connectivity index (χ4n) is 2.11. The molecule has 0 aromatic heterocycles. The highest BCUT2D eigenvalue weighted by atomic mass is 16.3. The minimum Gasteiger partial charge on any atom is -0.390 e. The van der Waals surface area contributed by atoms with Gasteiger partial charge in [-0.3, -0.25) is 0 Å². The van der Waals surface area contributed by atoms with E-state index in [1.807, 2.05) is 0 Å². The quantitative estimate of drug-likeness (QED) is 0.663. The monoisotopic (exact) mass is 172 g/mol. The molecule has 0 radical (unpaired) electrons. The summed E-state index contributed by atoms with van der Waals surface area (Å²) in [5.41, 5.74) is 0. The molecule has 1 aliphatic rings. The molecule has 1 unspecified atom stereocenters. The molecule has 3 atom stereocenters. The van der Waals surface area contributed by atoms with Gasteiger partial charge in [-0.05, 0) is 31.1 Å². The molecular weight excluding hydrogens is 152 g/mol. The van der Waals surface area contributed by atoms with Gasteiger partial charge in [-0.15, -0.1) is 0 Å². The van der Waals surface area contributed by atoms with Gasteiger partial charge in [-0.2, -0.15) is 0 Å². The lowest BCUT2D eigenvalue weighted by Crippen LogP contribution is -2.37. The highest BCUT2D eigenvalue weighted by Gasteiger charge is 2.30. The van der Waals surface area contributed by atoms with Crippen molar-refractivity contribution in [2.45, 2.75) is 51.7 Å². The molecule has 2 nitrogen and oxygen atoms in total. The summed E-state index contributed by atoms with van der Waals surface area (Å²) < 4.78 is 0. The Morgan fingerprint density at radius 2 is 1.92 bits per heavy atom. The van der Waals surface area contributed by atoms with Crippen LogP contribution in [0.3, 0.4) is 0 Å². The van der Waals surface area contributed by atoms with E-state index in [4.69, 9.17) is 0 Å². The molecular formula is C10H20O2. The summed E-state index contributed by atoms with van der Waals surface area (Å²) in [6.45, 7) is 4.32. The number of aliphatic hydroxyl groups excluding tert-OH is 2. The highest BCUT2D eigenvalue weighted by molar-refractivity contribution is 4.81. The maximum absolute atomic E-state index is 9.64. The first-order valence-electron chi connectivity index (χ1n) is 4.97. The predicted octanol–water partition coefficient (Wildman–Crippen LogP) is 1.55. The standard InChI is InChI=1S/C10H20O2/c1-7(2)6-8-4-3-5-9(11)10(8)12/h7-12H,3-6H2,1-2H3/t8?,9-,10+/m0/s1. The normalized spacial score (nSPS) is 37.2. The Morgan fingerprint density at radius 1 is 1.25 bits per heavy atom. The first-order chi connectivity index (χ1) is 5.61. The van der Waals surface area contributed by atoms with Gasteiger partial charge in [-0.25, -0.2) is 0 Å². The van der Waals surface area contributed by atoms with Crippen molar-refractivity contribution < 1.29 is 10.2 Å². The average Bonchev–Trinajstić information content (AvgIpc) is 1.98. The van der Waals surface area contributed by atoms with E-state index in [-0.39, 0.29) is 0 Å². The third kappa shape index (κ3) is 2.46. The molecule has 0 aromatic carbocycles. The van der Waals surface area contributed by atoms with Crippen LogP contribution < -0.4 is 0 Å². The van der Waals surface area contributed by atoms with Crippen LogP contribution in [0.4, 0.5) is 0 Å². The van der Waals surface area contributed by atoms with Crippen LogP contribution in [0, 0.1) is 11.8 Å². The van der Waals surface area contributed by atoms with Gasteiger partial charge in [0.25, 0.3) is 0 Å². The molecule has 1 aliphatic carbocycles. The predicted molar refractivity (Wildman–Crippen MR) is 48.8 cm³/mol. The van der Waals surface area contributed by atoms with Gasteiger partial charge < -0.3 is 10.2 Å². The van der Waals surface area contributed by atoms with E-state index in [9.17, 15) is 10.2 Å². The zero-order valence-electron chi connectivity index (χ0n) is 8.03. The van der Waals surface area contributed by atoms with Crippen molar-refractivity contribution in [2.24, 2.45) is 11.8 Å². The van der Waals surface area contributed by atoms with Crippen molar-refractivity contribution in [3.05, 3.63) is 0 Å². The number of aliphatic hydroxyl groups is 2. The number of hydrogen-bond donors (Lipinski definition) is 2. The van der Waals surface area contributed by atoms with E-state index in [2.05, 4.69) is 13.8 Å². The van der Waals surface area contributed by atoms with Gasteiger partial charge in [0, 0.05) is 0 Å². The van der Waals surface area contributed by atoms with E-state index in [0.29, 0.717) is 11.8 Å². The molecule has 0 heterocycles. The summed E-state index contributed by atoms with van der Waals surface area (Å²) in [5.74, 6) is 0.948.